The second-order valence-corrected chi connectivity index (χ2v) is 4.52. The normalized spacial score (nSPS) is 10.9. The SMILES string of the molecule is CCC(CC)N(CCOC)c1nc(C)ccc1N. The zero-order valence-corrected chi connectivity index (χ0v) is 11.9. The second kappa shape index (κ2) is 7.21. The van der Waals surface area contributed by atoms with Crippen LogP contribution >= 0.6 is 0 Å². The summed E-state index contributed by atoms with van der Waals surface area (Å²) in [7, 11) is 1.72. The van der Waals surface area contributed by atoms with E-state index in [4.69, 9.17) is 10.5 Å². The molecule has 1 aromatic rings. The molecule has 0 amide bonds. The molecule has 0 radical (unpaired) electrons. The van der Waals surface area contributed by atoms with Crippen LogP contribution in [0.25, 0.3) is 0 Å². The van der Waals surface area contributed by atoms with Gasteiger partial charge in [-0.25, -0.2) is 4.98 Å². The number of anilines is 2. The van der Waals surface area contributed by atoms with Gasteiger partial charge in [-0.15, -0.1) is 0 Å². The van der Waals surface area contributed by atoms with Crippen LogP contribution in [0, 0.1) is 6.92 Å². The Balaban J connectivity index is 3.03. The van der Waals surface area contributed by atoms with Gasteiger partial charge in [0.15, 0.2) is 5.82 Å². The zero-order chi connectivity index (χ0) is 13.5. The third kappa shape index (κ3) is 3.60. The van der Waals surface area contributed by atoms with Crippen molar-refractivity contribution in [2.45, 2.75) is 39.7 Å². The number of nitrogen functional groups attached to an aromatic ring is 1. The number of aryl methyl sites for hydroxylation is 1. The molecule has 0 aromatic carbocycles. The first kappa shape index (κ1) is 14.8. The lowest BCUT2D eigenvalue weighted by atomic mass is 10.1. The van der Waals surface area contributed by atoms with E-state index in [9.17, 15) is 0 Å². The maximum atomic E-state index is 6.06. The first-order chi connectivity index (χ1) is 8.63. The van der Waals surface area contributed by atoms with E-state index in [1.54, 1.807) is 7.11 Å². The van der Waals surface area contributed by atoms with Crippen LogP contribution in [0.5, 0.6) is 0 Å². The lowest BCUT2D eigenvalue weighted by Crippen LogP contribution is -2.38. The highest BCUT2D eigenvalue weighted by Gasteiger charge is 2.19. The smallest absolute Gasteiger partial charge is 0.152 e. The Morgan fingerprint density at radius 2 is 2.00 bits per heavy atom. The first-order valence-corrected chi connectivity index (χ1v) is 6.62. The largest absolute Gasteiger partial charge is 0.396 e. The molecule has 0 spiro atoms. The molecule has 0 aliphatic carbocycles. The van der Waals surface area contributed by atoms with Crippen LogP contribution in [0.2, 0.25) is 0 Å². The first-order valence-electron chi connectivity index (χ1n) is 6.62. The predicted octanol–water partition coefficient (Wildman–Crippen LogP) is 2.61. The summed E-state index contributed by atoms with van der Waals surface area (Å²) in [6.07, 6.45) is 2.16. The van der Waals surface area contributed by atoms with Crippen molar-refractivity contribution in [2.75, 3.05) is 30.9 Å². The number of rotatable bonds is 7. The van der Waals surface area contributed by atoms with Crippen molar-refractivity contribution < 1.29 is 4.74 Å². The highest BCUT2D eigenvalue weighted by atomic mass is 16.5. The quantitative estimate of drug-likeness (QED) is 0.809. The van der Waals surface area contributed by atoms with Crippen molar-refractivity contribution in [2.24, 2.45) is 0 Å². The van der Waals surface area contributed by atoms with Gasteiger partial charge in [-0.05, 0) is 31.9 Å². The molecule has 0 saturated heterocycles. The van der Waals surface area contributed by atoms with Gasteiger partial charge in [0, 0.05) is 25.4 Å². The van der Waals surface area contributed by atoms with Crippen molar-refractivity contribution in [1.82, 2.24) is 4.98 Å². The van der Waals surface area contributed by atoms with Crippen molar-refractivity contribution >= 4 is 11.5 Å². The molecular formula is C14H25N3O. The van der Waals surface area contributed by atoms with Crippen molar-refractivity contribution in [3.8, 4) is 0 Å². The minimum atomic E-state index is 0.455. The molecule has 102 valence electrons. The fraction of sp³-hybridized carbons (Fsp3) is 0.643. The lowest BCUT2D eigenvalue weighted by molar-refractivity contribution is 0.202. The molecule has 4 nitrogen and oxygen atoms in total. The Kier molecular flexibility index (Phi) is 5.92. The number of nitrogens with zero attached hydrogens (tertiary/aromatic N) is 2. The van der Waals surface area contributed by atoms with Gasteiger partial charge < -0.3 is 15.4 Å². The van der Waals surface area contributed by atoms with Gasteiger partial charge in [-0.3, -0.25) is 0 Å². The lowest BCUT2D eigenvalue weighted by Gasteiger charge is -2.32. The van der Waals surface area contributed by atoms with Crippen LogP contribution in [0.3, 0.4) is 0 Å². The Hall–Kier alpha value is -1.29. The summed E-state index contributed by atoms with van der Waals surface area (Å²) in [4.78, 5) is 6.86. The molecule has 1 rings (SSSR count). The number of hydrogen-bond donors (Lipinski definition) is 1. The summed E-state index contributed by atoms with van der Waals surface area (Å²) in [5, 5.41) is 0. The van der Waals surface area contributed by atoms with Gasteiger partial charge in [0.1, 0.15) is 0 Å². The van der Waals surface area contributed by atoms with E-state index in [1.165, 1.54) is 0 Å². The summed E-state index contributed by atoms with van der Waals surface area (Å²) in [5.74, 6) is 0.890. The molecule has 0 saturated carbocycles. The van der Waals surface area contributed by atoms with Gasteiger partial charge in [0.05, 0.1) is 12.3 Å². The summed E-state index contributed by atoms with van der Waals surface area (Å²) >= 11 is 0. The van der Waals surface area contributed by atoms with E-state index in [0.29, 0.717) is 12.6 Å². The van der Waals surface area contributed by atoms with Crippen molar-refractivity contribution in [3.05, 3.63) is 17.8 Å². The molecule has 0 bridgehead atoms. The Morgan fingerprint density at radius 1 is 1.33 bits per heavy atom. The number of methoxy groups -OCH3 is 1. The molecule has 0 aliphatic heterocycles. The third-order valence-corrected chi connectivity index (χ3v) is 3.24. The van der Waals surface area contributed by atoms with Crippen molar-refractivity contribution in [1.29, 1.82) is 0 Å². The van der Waals surface area contributed by atoms with Gasteiger partial charge in [0.2, 0.25) is 0 Å². The number of ether oxygens (including phenoxy) is 1. The summed E-state index contributed by atoms with van der Waals surface area (Å²) in [6, 6.07) is 4.33. The molecule has 0 unspecified atom stereocenters. The van der Waals surface area contributed by atoms with E-state index < -0.39 is 0 Å². The fourth-order valence-electron chi connectivity index (χ4n) is 2.16. The highest BCUT2D eigenvalue weighted by Crippen LogP contribution is 2.24. The van der Waals surface area contributed by atoms with E-state index >= 15 is 0 Å². The minimum Gasteiger partial charge on any atom is -0.396 e. The Morgan fingerprint density at radius 3 is 2.56 bits per heavy atom. The van der Waals surface area contributed by atoms with E-state index in [0.717, 1.165) is 36.6 Å². The van der Waals surface area contributed by atoms with E-state index in [2.05, 4.69) is 23.7 Å². The van der Waals surface area contributed by atoms with E-state index in [1.807, 2.05) is 19.1 Å². The van der Waals surface area contributed by atoms with Crippen LogP contribution in [0.15, 0.2) is 12.1 Å². The van der Waals surface area contributed by atoms with Crippen LogP contribution in [0.1, 0.15) is 32.4 Å². The van der Waals surface area contributed by atoms with Gasteiger partial charge in [0.25, 0.3) is 0 Å². The summed E-state index contributed by atoms with van der Waals surface area (Å²) in [6.45, 7) is 7.89. The topological polar surface area (TPSA) is 51.4 Å². The van der Waals surface area contributed by atoms with Crippen molar-refractivity contribution in [3.63, 3.8) is 0 Å². The van der Waals surface area contributed by atoms with E-state index in [-0.39, 0.29) is 0 Å². The number of aromatic nitrogens is 1. The molecule has 1 heterocycles. The Bertz CT molecular complexity index is 364. The van der Waals surface area contributed by atoms with Gasteiger partial charge in [-0.2, -0.15) is 0 Å². The average Bonchev–Trinajstić information content (AvgIpc) is 2.38. The third-order valence-electron chi connectivity index (χ3n) is 3.24. The van der Waals surface area contributed by atoms with Gasteiger partial charge >= 0.3 is 0 Å². The molecule has 1 aromatic heterocycles. The maximum absolute atomic E-state index is 6.06. The minimum absolute atomic E-state index is 0.455. The molecule has 18 heavy (non-hydrogen) atoms. The van der Waals surface area contributed by atoms with Crippen LogP contribution in [-0.2, 0) is 4.74 Å². The number of hydrogen-bond acceptors (Lipinski definition) is 4. The predicted molar refractivity (Wildman–Crippen MR) is 77.0 cm³/mol. The molecule has 2 N–H and O–H groups in total. The molecule has 0 atom stereocenters. The summed E-state index contributed by atoms with van der Waals surface area (Å²) in [5.41, 5.74) is 7.80. The summed E-state index contributed by atoms with van der Waals surface area (Å²) < 4.78 is 5.19. The number of nitrogens with two attached hydrogens (primary N) is 1. The fourth-order valence-corrected chi connectivity index (χ4v) is 2.16. The molecule has 4 heteroatoms. The van der Waals surface area contributed by atoms with Gasteiger partial charge in [-0.1, -0.05) is 13.8 Å². The average molecular weight is 251 g/mol. The Labute approximate surface area is 110 Å². The van der Waals surface area contributed by atoms with Crippen LogP contribution in [0.4, 0.5) is 11.5 Å². The molecule has 0 aliphatic rings. The monoisotopic (exact) mass is 251 g/mol. The maximum Gasteiger partial charge on any atom is 0.152 e. The second-order valence-electron chi connectivity index (χ2n) is 4.52. The van der Waals surface area contributed by atoms with Crippen LogP contribution in [-0.4, -0.2) is 31.3 Å². The number of pyridine rings is 1. The molecule has 0 fully saturated rings. The van der Waals surface area contributed by atoms with Crippen LogP contribution < -0.4 is 10.6 Å². The molecular weight excluding hydrogens is 226 g/mol. The highest BCUT2D eigenvalue weighted by molar-refractivity contribution is 5.63. The standard InChI is InChI=1S/C14H25N3O/c1-5-12(6-2)17(9-10-18-4)14-13(15)8-7-11(3)16-14/h7-8,12H,5-6,9-10,15H2,1-4H3. The zero-order valence-electron chi connectivity index (χ0n) is 11.9.